The summed E-state index contributed by atoms with van der Waals surface area (Å²) in [5.41, 5.74) is 6.80. The molecule has 5 heteroatoms. The summed E-state index contributed by atoms with van der Waals surface area (Å²) >= 11 is 0. The van der Waals surface area contributed by atoms with Gasteiger partial charge in [0, 0.05) is 17.2 Å². The van der Waals surface area contributed by atoms with Gasteiger partial charge in [0.25, 0.3) is 5.91 Å². The first kappa shape index (κ1) is 21.3. The predicted octanol–water partition coefficient (Wildman–Crippen LogP) is 4.61. The van der Waals surface area contributed by atoms with Crippen LogP contribution >= 0.6 is 0 Å². The number of hydrogen-bond donors (Lipinski definition) is 2. The molecule has 0 bridgehead atoms. The third-order valence-corrected chi connectivity index (χ3v) is 4.31. The highest BCUT2D eigenvalue weighted by atomic mass is 16.5. The molecule has 2 rings (SSSR count). The molecule has 2 N–H and O–H groups in total. The fraction of sp³-hybridized carbons (Fsp3) is 0.261. The molecule has 28 heavy (non-hydrogen) atoms. The molecule has 0 atom stereocenters. The van der Waals surface area contributed by atoms with E-state index in [1.54, 1.807) is 18.7 Å². The van der Waals surface area contributed by atoms with Crippen molar-refractivity contribution >= 4 is 12.0 Å². The zero-order valence-corrected chi connectivity index (χ0v) is 16.8. The Hall–Kier alpha value is -3.05. The molecular weight excluding hydrogens is 354 g/mol. The molecule has 0 heterocycles. The molecule has 0 radical (unpaired) electrons. The van der Waals surface area contributed by atoms with Crippen LogP contribution in [-0.4, -0.2) is 18.2 Å². The first-order chi connectivity index (χ1) is 13.4. The van der Waals surface area contributed by atoms with E-state index in [0.717, 1.165) is 40.2 Å². The topological polar surface area (TPSA) is 67.8 Å². The summed E-state index contributed by atoms with van der Waals surface area (Å²) in [5.74, 6) is 0.935. The Labute approximate surface area is 166 Å². The number of nitrogens with one attached hydrogen (secondary N) is 1. The van der Waals surface area contributed by atoms with Gasteiger partial charge in [-0.1, -0.05) is 35.9 Å². The third kappa shape index (κ3) is 5.99. The Balaban J connectivity index is 2.36. The minimum atomic E-state index is -0.590. The van der Waals surface area contributed by atoms with Gasteiger partial charge in [0.05, 0.1) is 7.11 Å². The van der Waals surface area contributed by atoms with Crippen LogP contribution < -0.4 is 15.0 Å². The maximum atomic E-state index is 11.4. The molecule has 0 saturated carbocycles. The Morgan fingerprint density at radius 3 is 2.46 bits per heavy atom. The van der Waals surface area contributed by atoms with Crippen molar-refractivity contribution in [2.75, 3.05) is 7.11 Å². The maximum Gasteiger partial charge on any atom is 0.267 e. The Kier molecular flexibility index (Phi) is 7.84. The van der Waals surface area contributed by atoms with Crippen LogP contribution in [0.4, 0.5) is 0 Å². The number of benzene rings is 2. The summed E-state index contributed by atoms with van der Waals surface area (Å²) in [7, 11) is 1.63. The van der Waals surface area contributed by atoms with Crippen molar-refractivity contribution in [1.82, 2.24) is 5.48 Å². The van der Waals surface area contributed by atoms with Crippen molar-refractivity contribution in [3.05, 3.63) is 76.4 Å². The molecule has 5 nitrogen and oxygen atoms in total. The van der Waals surface area contributed by atoms with Gasteiger partial charge in [-0.3, -0.25) is 10.0 Å². The predicted molar refractivity (Wildman–Crippen MR) is 111 cm³/mol. The van der Waals surface area contributed by atoms with Crippen molar-refractivity contribution in [2.45, 2.75) is 33.8 Å². The van der Waals surface area contributed by atoms with Crippen molar-refractivity contribution < 1.29 is 19.5 Å². The van der Waals surface area contributed by atoms with Crippen LogP contribution in [0.1, 0.15) is 36.1 Å². The Morgan fingerprint density at radius 2 is 1.86 bits per heavy atom. The first-order valence-corrected chi connectivity index (χ1v) is 9.08. The number of rotatable bonds is 8. The minimum absolute atomic E-state index is 0.391. The zero-order valence-electron chi connectivity index (χ0n) is 16.8. The molecule has 0 spiro atoms. The minimum Gasteiger partial charge on any atom is -0.497 e. The first-order valence-electron chi connectivity index (χ1n) is 9.08. The van der Waals surface area contributed by atoms with E-state index in [2.05, 4.69) is 19.9 Å². The lowest BCUT2D eigenvalue weighted by Gasteiger charge is -2.16. The van der Waals surface area contributed by atoms with Gasteiger partial charge >= 0.3 is 0 Å². The molecule has 0 aliphatic heterocycles. The summed E-state index contributed by atoms with van der Waals surface area (Å²) in [6, 6.07) is 11.6. The average Bonchev–Trinajstić information content (AvgIpc) is 2.70. The highest BCUT2D eigenvalue weighted by molar-refractivity contribution is 5.91. The maximum absolute atomic E-state index is 11.4. The van der Waals surface area contributed by atoms with Gasteiger partial charge in [0.1, 0.15) is 18.1 Å². The van der Waals surface area contributed by atoms with Crippen molar-refractivity contribution in [1.29, 1.82) is 0 Å². The highest BCUT2D eigenvalue weighted by Crippen LogP contribution is 2.30. The van der Waals surface area contributed by atoms with Gasteiger partial charge in [-0.25, -0.2) is 5.48 Å². The monoisotopic (exact) mass is 381 g/mol. The quantitative estimate of drug-likeness (QED) is 0.303. The number of carbonyl (C=O) groups is 1. The summed E-state index contributed by atoms with van der Waals surface area (Å²) in [6.45, 7) is 6.55. The molecule has 0 aliphatic rings. The van der Waals surface area contributed by atoms with Crippen LogP contribution in [0, 0.1) is 6.92 Å². The van der Waals surface area contributed by atoms with E-state index < -0.39 is 5.91 Å². The van der Waals surface area contributed by atoms with Crippen LogP contribution in [-0.2, 0) is 17.8 Å². The number of methoxy groups -OCH3 is 1. The molecule has 0 saturated heterocycles. The molecule has 0 unspecified atom stereocenters. The second-order valence-electron chi connectivity index (χ2n) is 6.71. The zero-order chi connectivity index (χ0) is 20.5. The van der Waals surface area contributed by atoms with Crippen LogP contribution in [0.5, 0.6) is 11.5 Å². The molecule has 0 aromatic heterocycles. The van der Waals surface area contributed by atoms with Crippen LogP contribution in [0.2, 0.25) is 0 Å². The summed E-state index contributed by atoms with van der Waals surface area (Å²) in [5, 5.41) is 8.72. The standard InChI is InChI=1S/C23H27NO4/c1-16(2)5-13-21-17(3)6-9-19(10-14-22(25)24-26)23(21)28-15-18-7-11-20(27-4)12-8-18/h5-12,14,26H,13,15H2,1-4H3,(H,24,25)/b14-10+. The fourth-order valence-corrected chi connectivity index (χ4v) is 2.69. The van der Waals surface area contributed by atoms with Gasteiger partial charge in [0.2, 0.25) is 0 Å². The van der Waals surface area contributed by atoms with E-state index in [1.807, 2.05) is 43.3 Å². The van der Waals surface area contributed by atoms with E-state index in [-0.39, 0.29) is 0 Å². The van der Waals surface area contributed by atoms with E-state index >= 15 is 0 Å². The van der Waals surface area contributed by atoms with E-state index in [9.17, 15) is 4.79 Å². The second kappa shape index (κ2) is 10.3. The number of allylic oxidation sites excluding steroid dienone is 2. The SMILES string of the molecule is COc1ccc(COc2c(/C=C/C(=O)NO)ccc(C)c2CC=C(C)C)cc1. The largest absolute Gasteiger partial charge is 0.497 e. The van der Waals surface area contributed by atoms with Gasteiger partial charge in [-0.05, 0) is 56.5 Å². The summed E-state index contributed by atoms with van der Waals surface area (Å²) < 4.78 is 11.4. The average molecular weight is 381 g/mol. The van der Waals surface area contributed by atoms with E-state index in [1.165, 1.54) is 11.6 Å². The number of carbonyl (C=O) groups excluding carboxylic acids is 1. The molecule has 148 valence electrons. The van der Waals surface area contributed by atoms with Crippen LogP contribution in [0.25, 0.3) is 6.08 Å². The molecule has 0 aliphatic carbocycles. The van der Waals surface area contributed by atoms with Crippen molar-refractivity contribution in [2.24, 2.45) is 0 Å². The van der Waals surface area contributed by atoms with E-state index in [0.29, 0.717) is 6.61 Å². The van der Waals surface area contributed by atoms with Gasteiger partial charge in [0.15, 0.2) is 0 Å². The number of hydroxylamine groups is 1. The molecule has 0 fully saturated rings. The smallest absolute Gasteiger partial charge is 0.267 e. The molecule has 2 aromatic carbocycles. The fourth-order valence-electron chi connectivity index (χ4n) is 2.69. The van der Waals surface area contributed by atoms with Gasteiger partial charge < -0.3 is 9.47 Å². The number of aryl methyl sites for hydroxylation is 1. The van der Waals surface area contributed by atoms with Crippen molar-refractivity contribution in [3.8, 4) is 11.5 Å². The van der Waals surface area contributed by atoms with Gasteiger partial charge in [-0.2, -0.15) is 0 Å². The molecule has 1 amide bonds. The number of ether oxygens (including phenoxy) is 2. The lowest BCUT2D eigenvalue weighted by Crippen LogP contribution is -2.14. The Morgan fingerprint density at radius 1 is 1.14 bits per heavy atom. The lowest BCUT2D eigenvalue weighted by molar-refractivity contribution is -0.124. The second-order valence-corrected chi connectivity index (χ2v) is 6.71. The lowest BCUT2D eigenvalue weighted by atomic mass is 9.99. The van der Waals surface area contributed by atoms with Crippen molar-refractivity contribution in [3.63, 3.8) is 0 Å². The van der Waals surface area contributed by atoms with E-state index in [4.69, 9.17) is 14.7 Å². The highest BCUT2D eigenvalue weighted by Gasteiger charge is 2.12. The summed E-state index contributed by atoms with van der Waals surface area (Å²) in [4.78, 5) is 11.4. The summed E-state index contributed by atoms with van der Waals surface area (Å²) in [6.07, 6.45) is 5.80. The van der Waals surface area contributed by atoms with Crippen LogP contribution in [0.3, 0.4) is 0 Å². The Bertz CT molecular complexity index is 863. The number of amides is 1. The normalized spacial score (nSPS) is 10.6. The molecule has 2 aromatic rings. The van der Waals surface area contributed by atoms with Gasteiger partial charge in [-0.15, -0.1) is 0 Å². The number of hydrogen-bond acceptors (Lipinski definition) is 4. The molecular formula is C23H27NO4. The van der Waals surface area contributed by atoms with Crippen LogP contribution in [0.15, 0.2) is 54.1 Å². The third-order valence-electron chi connectivity index (χ3n) is 4.31.